The second-order valence-electron chi connectivity index (χ2n) is 7.24. The minimum absolute atomic E-state index is 0.0591. The van der Waals surface area contributed by atoms with E-state index in [-0.39, 0.29) is 18.0 Å². The molecule has 3 aromatic rings. The normalized spacial score (nSPS) is 17.1. The van der Waals surface area contributed by atoms with E-state index in [4.69, 9.17) is 0 Å². The van der Waals surface area contributed by atoms with Gasteiger partial charge in [-0.3, -0.25) is 14.7 Å². The molecular weight excluding hydrogens is 338 g/mol. The Labute approximate surface area is 159 Å². The molecule has 0 spiro atoms. The van der Waals surface area contributed by atoms with E-state index in [9.17, 15) is 4.79 Å². The fourth-order valence-electron chi connectivity index (χ4n) is 3.72. The van der Waals surface area contributed by atoms with Gasteiger partial charge in [0.2, 0.25) is 5.91 Å². The zero-order chi connectivity index (χ0) is 18.6. The number of carbonyl (C=O) groups excluding carboxylic acids is 1. The van der Waals surface area contributed by atoms with E-state index >= 15 is 0 Å². The van der Waals surface area contributed by atoms with Crippen LogP contribution in [0.3, 0.4) is 0 Å². The topological polar surface area (TPSA) is 63.1 Å². The van der Waals surface area contributed by atoms with E-state index in [0.29, 0.717) is 0 Å². The van der Waals surface area contributed by atoms with Gasteiger partial charge in [0.1, 0.15) is 6.04 Å². The van der Waals surface area contributed by atoms with Crippen molar-refractivity contribution in [1.29, 1.82) is 0 Å². The van der Waals surface area contributed by atoms with Crippen LogP contribution in [0.4, 0.5) is 0 Å². The van der Waals surface area contributed by atoms with Gasteiger partial charge in [-0.2, -0.15) is 0 Å². The highest BCUT2D eigenvalue weighted by molar-refractivity contribution is 5.83. The predicted octanol–water partition coefficient (Wildman–Crippen LogP) is 2.77. The van der Waals surface area contributed by atoms with E-state index < -0.39 is 0 Å². The predicted molar refractivity (Wildman–Crippen MR) is 105 cm³/mol. The summed E-state index contributed by atoms with van der Waals surface area (Å²) < 4.78 is 1.95. The van der Waals surface area contributed by atoms with Crippen LogP contribution in [0.1, 0.15) is 31.4 Å². The lowest BCUT2D eigenvalue weighted by atomic mass is 10.0. The largest absolute Gasteiger partial charge is 0.351 e. The van der Waals surface area contributed by atoms with Gasteiger partial charge in [0.25, 0.3) is 0 Å². The van der Waals surface area contributed by atoms with Crippen molar-refractivity contribution in [1.82, 2.24) is 24.8 Å². The molecule has 0 saturated carbocycles. The van der Waals surface area contributed by atoms with E-state index in [2.05, 4.69) is 26.3 Å². The van der Waals surface area contributed by atoms with Crippen molar-refractivity contribution in [2.24, 2.45) is 0 Å². The van der Waals surface area contributed by atoms with Crippen molar-refractivity contribution in [2.75, 3.05) is 13.1 Å². The average molecular weight is 363 g/mol. The number of likely N-dealkylation sites (tertiary alicyclic amines) is 1. The van der Waals surface area contributed by atoms with Crippen molar-refractivity contribution in [3.05, 3.63) is 60.7 Å². The minimum Gasteiger partial charge on any atom is -0.351 e. The molecule has 2 aromatic heterocycles. The molecule has 1 fully saturated rings. The summed E-state index contributed by atoms with van der Waals surface area (Å²) in [6.45, 7) is 4.83. The number of imidazole rings is 1. The number of carbonyl (C=O) groups is 1. The zero-order valence-electron chi connectivity index (χ0n) is 15.6. The van der Waals surface area contributed by atoms with Gasteiger partial charge >= 0.3 is 0 Å². The molecule has 1 saturated heterocycles. The number of pyridine rings is 1. The zero-order valence-corrected chi connectivity index (χ0v) is 15.6. The van der Waals surface area contributed by atoms with Crippen LogP contribution < -0.4 is 5.32 Å². The lowest BCUT2D eigenvalue weighted by Crippen LogP contribution is -2.46. The maximum absolute atomic E-state index is 12.7. The molecule has 1 aromatic carbocycles. The molecule has 0 radical (unpaired) electrons. The number of piperidine rings is 1. The number of hydrogen-bond donors (Lipinski definition) is 1. The Balaban J connectivity index is 1.31. The number of nitrogens with zero attached hydrogens (tertiary/aromatic N) is 4. The fraction of sp³-hybridized carbons (Fsp3) is 0.381. The maximum atomic E-state index is 12.7. The molecule has 1 amide bonds. The summed E-state index contributed by atoms with van der Waals surface area (Å²) in [6.07, 6.45) is 7.43. The maximum Gasteiger partial charge on any atom is 0.243 e. The monoisotopic (exact) mass is 363 g/mol. The molecule has 1 aliphatic heterocycles. The first-order valence-electron chi connectivity index (χ1n) is 9.54. The Hall–Kier alpha value is -2.73. The van der Waals surface area contributed by atoms with Gasteiger partial charge in [0.15, 0.2) is 0 Å². The van der Waals surface area contributed by atoms with Gasteiger partial charge < -0.3 is 9.88 Å². The third-order valence-electron chi connectivity index (χ3n) is 5.34. The number of rotatable bonds is 5. The van der Waals surface area contributed by atoms with Crippen LogP contribution in [0, 0.1) is 0 Å². The number of amides is 1. The van der Waals surface area contributed by atoms with E-state index in [1.54, 1.807) is 12.5 Å². The second kappa shape index (κ2) is 7.88. The van der Waals surface area contributed by atoms with Crippen LogP contribution in [0.5, 0.6) is 0 Å². The van der Waals surface area contributed by atoms with Crippen LogP contribution in [-0.2, 0) is 11.3 Å². The highest BCUT2D eigenvalue weighted by Crippen LogP contribution is 2.19. The summed E-state index contributed by atoms with van der Waals surface area (Å²) in [5.74, 6) is 0.0591. The standard InChI is InChI=1S/C21H25N5O/c1-16(26-15-23-19-6-2-3-7-20(19)26)21(27)24-18-8-11-25(12-9-18)14-17-5-4-10-22-13-17/h2-7,10,13,15-16,18H,8-9,11-12,14H2,1H3,(H,24,27). The summed E-state index contributed by atoms with van der Waals surface area (Å²) in [5, 5.41) is 3.23. The van der Waals surface area contributed by atoms with Gasteiger partial charge in [0.05, 0.1) is 17.4 Å². The molecule has 0 bridgehead atoms. The number of fused-ring (bicyclic) bond motifs is 1. The van der Waals surface area contributed by atoms with Crippen LogP contribution >= 0.6 is 0 Å². The highest BCUT2D eigenvalue weighted by atomic mass is 16.2. The Kier molecular flexibility index (Phi) is 5.16. The summed E-state index contributed by atoms with van der Waals surface area (Å²) in [7, 11) is 0. The Bertz CT molecular complexity index is 899. The van der Waals surface area contributed by atoms with Crippen molar-refractivity contribution < 1.29 is 4.79 Å². The van der Waals surface area contributed by atoms with Gasteiger partial charge in [-0.05, 0) is 43.5 Å². The summed E-state index contributed by atoms with van der Waals surface area (Å²) in [5.41, 5.74) is 3.15. The molecule has 27 heavy (non-hydrogen) atoms. The molecular formula is C21H25N5O. The van der Waals surface area contributed by atoms with Crippen LogP contribution in [0.2, 0.25) is 0 Å². The Morgan fingerprint density at radius 1 is 1.22 bits per heavy atom. The van der Waals surface area contributed by atoms with Crippen LogP contribution in [-0.4, -0.2) is 44.5 Å². The molecule has 3 heterocycles. The third-order valence-corrected chi connectivity index (χ3v) is 5.34. The van der Waals surface area contributed by atoms with Crippen LogP contribution in [0.15, 0.2) is 55.1 Å². The van der Waals surface area contributed by atoms with Crippen molar-refractivity contribution in [2.45, 2.75) is 38.4 Å². The SMILES string of the molecule is CC(C(=O)NC1CCN(Cc2cccnc2)CC1)n1cnc2ccccc21. The van der Waals surface area contributed by atoms with Gasteiger partial charge in [-0.15, -0.1) is 0 Å². The molecule has 1 atom stereocenters. The molecule has 1 aliphatic rings. The van der Waals surface area contributed by atoms with Crippen molar-refractivity contribution >= 4 is 16.9 Å². The minimum atomic E-state index is -0.272. The number of nitrogens with one attached hydrogen (secondary N) is 1. The highest BCUT2D eigenvalue weighted by Gasteiger charge is 2.24. The van der Waals surface area contributed by atoms with Crippen molar-refractivity contribution in [3.63, 3.8) is 0 Å². The summed E-state index contributed by atoms with van der Waals surface area (Å²) in [4.78, 5) is 23.7. The summed E-state index contributed by atoms with van der Waals surface area (Å²) >= 11 is 0. The Morgan fingerprint density at radius 3 is 2.81 bits per heavy atom. The first kappa shape index (κ1) is 17.7. The third kappa shape index (κ3) is 4.01. The number of hydrogen-bond acceptors (Lipinski definition) is 4. The lowest BCUT2D eigenvalue weighted by Gasteiger charge is -2.33. The first-order valence-corrected chi connectivity index (χ1v) is 9.54. The molecule has 6 heteroatoms. The first-order chi connectivity index (χ1) is 13.2. The van der Waals surface area contributed by atoms with Gasteiger partial charge in [-0.25, -0.2) is 4.98 Å². The van der Waals surface area contributed by atoms with Gasteiger partial charge in [0, 0.05) is 38.1 Å². The Morgan fingerprint density at radius 2 is 2.04 bits per heavy atom. The quantitative estimate of drug-likeness (QED) is 0.757. The number of benzene rings is 1. The van der Waals surface area contributed by atoms with E-state index in [1.165, 1.54) is 5.56 Å². The van der Waals surface area contributed by atoms with E-state index in [1.807, 2.05) is 48.0 Å². The average Bonchev–Trinajstić information content (AvgIpc) is 3.14. The van der Waals surface area contributed by atoms with Crippen molar-refractivity contribution in [3.8, 4) is 0 Å². The molecule has 1 unspecified atom stereocenters. The fourth-order valence-corrected chi connectivity index (χ4v) is 3.72. The second-order valence-corrected chi connectivity index (χ2v) is 7.24. The molecule has 140 valence electrons. The smallest absolute Gasteiger partial charge is 0.243 e. The molecule has 4 rings (SSSR count). The van der Waals surface area contributed by atoms with Crippen LogP contribution in [0.25, 0.3) is 11.0 Å². The summed E-state index contributed by atoms with van der Waals surface area (Å²) in [6, 6.07) is 12.0. The number of aromatic nitrogens is 3. The molecule has 0 aliphatic carbocycles. The van der Waals surface area contributed by atoms with E-state index in [0.717, 1.165) is 43.5 Å². The molecule has 6 nitrogen and oxygen atoms in total. The van der Waals surface area contributed by atoms with Gasteiger partial charge in [-0.1, -0.05) is 18.2 Å². The lowest BCUT2D eigenvalue weighted by molar-refractivity contribution is -0.124. The number of para-hydroxylation sites is 2. The molecule has 1 N–H and O–H groups in total.